The third kappa shape index (κ3) is 9.15. The van der Waals surface area contributed by atoms with E-state index in [0.717, 1.165) is 13.0 Å². The number of esters is 1. The van der Waals surface area contributed by atoms with Crippen LogP contribution in [0.15, 0.2) is 12.2 Å². The molecular formula is C13H25NO4. The van der Waals surface area contributed by atoms with Gasteiger partial charge in [-0.1, -0.05) is 6.58 Å². The lowest BCUT2D eigenvalue weighted by molar-refractivity contribution is -0.144. The van der Waals surface area contributed by atoms with E-state index in [2.05, 4.69) is 11.9 Å². The molecule has 1 unspecified atom stereocenters. The summed E-state index contributed by atoms with van der Waals surface area (Å²) in [5, 5.41) is 3.04. The average Bonchev–Trinajstić information content (AvgIpc) is 2.34. The quantitative estimate of drug-likeness (QED) is 0.342. The minimum Gasteiger partial charge on any atom is -0.459 e. The lowest BCUT2D eigenvalue weighted by atomic mass is 10.3. The molecule has 18 heavy (non-hydrogen) atoms. The Kier molecular flexibility index (Phi) is 10.6. The maximum atomic E-state index is 11.2. The van der Waals surface area contributed by atoms with Crippen LogP contribution in [0.1, 0.15) is 20.3 Å². The van der Waals surface area contributed by atoms with Gasteiger partial charge >= 0.3 is 5.97 Å². The fourth-order valence-corrected chi connectivity index (χ4v) is 1.24. The van der Waals surface area contributed by atoms with Gasteiger partial charge in [0.05, 0.1) is 6.61 Å². The van der Waals surface area contributed by atoms with E-state index in [4.69, 9.17) is 14.2 Å². The van der Waals surface area contributed by atoms with Gasteiger partial charge in [-0.05, 0) is 33.9 Å². The van der Waals surface area contributed by atoms with Crippen molar-refractivity contribution < 1.29 is 19.0 Å². The number of hydrogen-bond donors (Lipinski definition) is 1. The van der Waals surface area contributed by atoms with Crippen LogP contribution in [0.4, 0.5) is 0 Å². The molecular weight excluding hydrogens is 234 g/mol. The molecule has 0 radical (unpaired) electrons. The summed E-state index contributed by atoms with van der Waals surface area (Å²) in [7, 11) is 1.90. The van der Waals surface area contributed by atoms with Crippen molar-refractivity contribution in [3.05, 3.63) is 12.2 Å². The van der Waals surface area contributed by atoms with Crippen LogP contribution in [-0.2, 0) is 19.0 Å². The van der Waals surface area contributed by atoms with Gasteiger partial charge in [0.15, 0.2) is 0 Å². The molecule has 0 bridgehead atoms. The number of carbonyl (C=O) groups excluding carboxylic acids is 1. The Morgan fingerprint density at radius 2 is 2.11 bits per heavy atom. The molecule has 0 aliphatic carbocycles. The van der Waals surface area contributed by atoms with Crippen molar-refractivity contribution in [3.63, 3.8) is 0 Å². The van der Waals surface area contributed by atoms with Crippen LogP contribution in [0.2, 0.25) is 0 Å². The third-order valence-electron chi connectivity index (χ3n) is 2.17. The Hall–Kier alpha value is -0.910. The van der Waals surface area contributed by atoms with Crippen LogP contribution in [0.5, 0.6) is 0 Å². The van der Waals surface area contributed by atoms with Crippen LogP contribution in [0, 0.1) is 0 Å². The molecule has 0 aromatic heterocycles. The van der Waals surface area contributed by atoms with Crippen molar-refractivity contribution in [2.24, 2.45) is 0 Å². The molecule has 5 heteroatoms. The molecule has 0 fully saturated rings. The largest absolute Gasteiger partial charge is 0.459 e. The molecule has 0 aliphatic heterocycles. The smallest absolute Gasteiger partial charge is 0.333 e. The van der Waals surface area contributed by atoms with E-state index < -0.39 is 5.97 Å². The number of nitrogens with one attached hydrogen (secondary N) is 1. The summed E-state index contributed by atoms with van der Waals surface area (Å²) in [6.07, 6.45) is 0.730. The van der Waals surface area contributed by atoms with E-state index in [1.807, 2.05) is 14.0 Å². The first-order valence-electron chi connectivity index (χ1n) is 6.28. The standard InChI is InChI=1S/C13H25NO4/c1-5-17-12(9-16-8-6-7-14-4)10-18-13(15)11(2)3/h12,14H,2,5-10H2,1,3-4H3. The van der Waals surface area contributed by atoms with E-state index in [1.54, 1.807) is 6.92 Å². The SMILES string of the molecule is C=C(C)C(=O)OCC(COCCCNC)OCC. The van der Waals surface area contributed by atoms with Crippen molar-refractivity contribution in [2.75, 3.05) is 40.0 Å². The van der Waals surface area contributed by atoms with Gasteiger partial charge in [0, 0.05) is 18.8 Å². The topological polar surface area (TPSA) is 56.8 Å². The lowest BCUT2D eigenvalue weighted by Gasteiger charge is -2.17. The third-order valence-corrected chi connectivity index (χ3v) is 2.17. The number of hydrogen-bond acceptors (Lipinski definition) is 5. The summed E-state index contributed by atoms with van der Waals surface area (Å²) in [5.74, 6) is -0.394. The fraction of sp³-hybridized carbons (Fsp3) is 0.769. The summed E-state index contributed by atoms with van der Waals surface area (Å²) in [5.41, 5.74) is 0.389. The summed E-state index contributed by atoms with van der Waals surface area (Å²) < 4.78 is 15.9. The molecule has 0 amide bonds. The van der Waals surface area contributed by atoms with Crippen molar-refractivity contribution in [2.45, 2.75) is 26.4 Å². The average molecular weight is 259 g/mol. The molecule has 0 heterocycles. The van der Waals surface area contributed by atoms with Gasteiger partial charge in [-0.2, -0.15) is 0 Å². The maximum absolute atomic E-state index is 11.2. The highest BCUT2D eigenvalue weighted by Gasteiger charge is 2.12. The summed E-state index contributed by atoms with van der Waals surface area (Å²) in [4.78, 5) is 11.2. The van der Waals surface area contributed by atoms with Crippen molar-refractivity contribution >= 4 is 5.97 Å². The molecule has 0 saturated carbocycles. The molecule has 0 aromatic rings. The fourth-order valence-electron chi connectivity index (χ4n) is 1.24. The van der Waals surface area contributed by atoms with Crippen LogP contribution in [-0.4, -0.2) is 52.1 Å². The van der Waals surface area contributed by atoms with Crippen molar-refractivity contribution in [1.29, 1.82) is 0 Å². The zero-order chi connectivity index (χ0) is 13.8. The minimum atomic E-state index is -0.394. The summed E-state index contributed by atoms with van der Waals surface area (Å²) in [6, 6.07) is 0. The lowest BCUT2D eigenvalue weighted by Crippen LogP contribution is -2.28. The first kappa shape index (κ1) is 17.1. The van der Waals surface area contributed by atoms with Crippen molar-refractivity contribution in [1.82, 2.24) is 5.32 Å². The van der Waals surface area contributed by atoms with E-state index in [0.29, 0.717) is 25.4 Å². The van der Waals surface area contributed by atoms with E-state index in [9.17, 15) is 4.79 Å². The number of carbonyl (C=O) groups is 1. The summed E-state index contributed by atoms with van der Waals surface area (Å²) >= 11 is 0. The monoisotopic (exact) mass is 259 g/mol. The first-order valence-corrected chi connectivity index (χ1v) is 6.28. The van der Waals surface area contributed by atoms with E-state index in [-0.39, 0.29) is 12.7 Å². The maximum Gasteiger partial charge on any atom is 0.333 e. The molecule has 106 valence electrons. The normalized spacial score (nSPS) is 12.2. The molecule has 0 spiro atoms. The Labute approximate surface area is 109 Å². The molecule has 1 N–H and O–H groups in total. The van der Waals surface area contributed by atoms with Gasteiger partial charge in [-0.15, -0.1) is 0 Å². The van der Waals surface area contributed by atoms with Crippen LogP contribution in [0.3, 0.4) is 0 Å². The zero-order valence-electron chi connectivity index (χ0n) is 11.7. The summed E-state index contributed by atoms with van der Waals surface area (Å²) in [6.45, 7) is 9.82. The van der Waals surface area contributed by atoms with Crippen LogP contribution >= 0.6 is 0 Å². The molecule has 0 aliphatic rings. The van der Waals surface area contributed by atoms with E-state index in [1.165, 1.54) is 0 Å². The number of ether oxygens (including phenoxy) is 3. The molecule has 5 nitrogen and oxygen atoms in total. The second-order valence-electron chi connectivity index (χ2n) is 3.99. The highest BCUT2D eigenvalue weighted by atomic mass is 16.6. The molecule has 1 atom stereocenters. The predicted molar refractivity (Wildman–Crippen MR) is 70.5 cm³/mol. The van der Waals surface area contributed by atoms with Crippen molar-refractivity contribution in [3.8, 4) is 0 Å². The second kappa shape index (κ2) is 11.2. The van der Waals surface area contributed by atoms with Gasteiger partial charge in [-0.25, -0.2) is 4.79 Å². The zero-order valence-corrected chi connectivity index (χ0v) is 11.7. The number of rotatable bonds is 11. The van der Waals surface area contributed by atoms with Crippen LogP contribution < -0.4 is 5.32 Å². The molecule has 0 saturated heterocycles. The first-order chi connectivity index (χ1) is 8.61. The second-order valence-corrected chi connectivity index (χ2v) is 3.99. The Balaban J connectivity index is 3.77. The Morgan fingerprint density at radius 3 is 2.67 bits per heavy atom. The van der Waals surface area contributed by atoms with Gasteiger partial charge in [0.2, 0.25) is 0 Å². The molecule has 0 rings (SSSR count). The Morgan fingerprint density at radius 1 is 1.39 bits per heavy atom. The molecule has 0 aromatic carbocycles. The van der Waals surface area contributed by atoms with Crippen LogP contribution in [0.25, 0.3) is 0 Å². The van der Waals surface area contributed by atoms with E-state index >= 15 is 0 Å². The highest BCUT2D eigenvalue weighted by molar-refractivity contribution is 5.86. The van der Waals surface area contributed by atoms with Gasteiger partial charge in [0.25, 0.3) is 0 Å². The highest BCUT2D eigenvalue weighted by Crippen LogP contribution is 1.99. The minimum absolute atomic E-state index is 0.200. The van der Waals surface area contributed by atoms with Gasteiger partial charge < -0.3 is 19.5 Å². The predicted octanol–water partition coefficient (Wildman–Crippen LogP) is 1.14. The van der Waals surface area contributed by atoms with Gasteiger partial charge in [0.1, 0.15) is 12.7 Å². The van der Waals surface area contributed by atoms with Gasteiger partial charge in [-0.3, -0.25) is 0 Å². The Bertz CT molecular complexity index is 243.